The Morgan fingerprint density at radius 3 is 2.60 bits per heavy atom. The van der Waals surface area contributed by atoms with Crippen LogP contribution in [0.5, 0.6) is 11.5 Å². The number of para-hydroxylation sites is 1. The first-order valence-corrected chi connectivity index (χ1v) is 10.5. The number of hydrogen-bond donors (Lipinski definition) is 2. The van der Waals surface area contributed by atoms with Crippen molar-refractivity contribution in [1.29, 1.82) is 0 Å². The van der Waals surface area contributed by atoms with Crippen LogP contribution >= 0.6 is 24.0 Å². The summed E-state index contributed by atoms with van der Waals surface area (Å²) in [5.74, 6) is 2.35. The molecule has 0 atom stereocenters. The normalized spacial score (nSPS) is 14.2. The monoisotopic (exact) mass is 524 g/mol. The van der Waals surface area contributed by atoms with Crippen molar-refractivity contribution in [2.75, 3.05) is 13.7 Å². The van der Waals surface area contributed by atoms with Gasteiger partial charge in [0, 0.05) is 17.8 Å². The highest BCUT2D eigenvalue weighted by atomic mass is 127. The first-order chi connectivity index (χ1) is 14.2. The van der Waals surface area contributed by atoms with Crippen LogP contribution in [0.1, 0.15) is 49.6 Å². The van der Waals surface area contributed by atoms with Gasteiger partial charge in [-0.1, -0.05) is 18.2 Å². The number of halogens is 1. The molecule has 0 saturated heterocycles. The van der Waals surface area contributed by atoms with E-state index in [0.29, 0.717) is 13.1 Å². The molecule has 1 aliphatic carbocycles. The van der Waals surface area contributed by atoms with Crippen molar-refractivity contribution >= 4 is 29.9 Å². The molecule has 0 aliphatic heterocycles. The topological polar surface area (TPSA) is 67.8 Å². The number of pyridine rings is 1. The van der Waals surface area contributed by atoms with Crippen LogP contribution in [0.4, 0.5) is 0 Å². The van der Waals surface area contributed by atoms with Gasteiger partial charge in [-0.25, -0.2) is 4.99 Å². The number of methoxy groups -OCH3 is 1. The number of aryl methyl sites for hydroxylation is 1. The van der Waals surface area contributed by atoms with E-state index in [1.54, 1.807) is 7.11 Å². The zero-order valence-electron chi connectivity index (χ0n) is 18.1. The van der Waals surface area contributed by atoms with Crippen LogP contribution in [-0.4, -0.2) is 30.7 Å². The van der Waals surface area contributed by atoms with Crippen LogP contribution < -0.4 is 20.1 Å². The van der Waals surface area contributed by atoms with Crippen molar-refractivity contribution in [2.24, 2.45) is 4.99 Å². The molecule has 2 aromatic rings. The van der Waals surface area contributed by atoms with Crippen LogP contribution in [0, 0.1) is 6.92 Å². The second-order valence-corrected chi connectivity index (χ2v) is 7.29. The molecule has 0 bridgehead atoms. The fourth-order valence-electron chi connectivity index (χ4n) is 3.53. The largest absolute Gasteiger partial charge is 0.493 e. The van der Waals surface area contributed by atoms with Gasteiger partial charge in [-0.15, -0.1) is 24.0 Å². The minimum Gasteiger partial charge on any atom is -0.493 e. The van der Waals surface area contributed by atoms with E-state index < -0.39 is 0 Å². The lowest BCUT2D eigenvalue weighted by atomic mass is 10.1. The number of rotatable bonds is 8. The van der Waals surface area contributed by atoms with E-state index >= 15 is 0 Å². The zero-order valence-corrected chi connectivity index (χ0v) is 20.4. The van der Waals surface area contributed by atoms with Gasteiger partial charge in [0.2, 0.25) is 0 Å². The lowest BCUT2D eigenvalue weighted by molar-refractivity contribution is 0.198. The molecule has 6 nitrogen and oxygen atoms in total. The molecule has 1 aliphatic rings. The maximum Gasteiger partial charge on any atom is 0.191 e. The van der Waals surface area contributed by atoms with Crippen molar-refractivity contribution < 1.29 is 9.47 Å². The van der Waals surface area contributed by atoms with E-state index in [-0.39, 0.29) is 30.1 Å². The summed E-state index contributed by atoms with van der Waals surface area (Å²) in [6, 6.07) is 12.0. The number of nitrogens with zero attached hydrogens (tertiary/aromatic N) is 2. The molecule has 1 fully saturated rings. The van der Waals surface area contributed by atoms with Crippen LogP contribution in [0.3, 0.4) is 0 Å². The highest BCUT2D eigenvalue weighted by Gasteiger charge is 2.20. The summed E-state index contributed by atoms with van der Waals surface area (Å²) >= 11 is 0. The van der Waals surface area contributed by atoms with E-state index in [1.165, 1.54) is 12.8 Å². The Bertz CT molecular complexity index is 823. The summed E-state index contributed by atoms with van der Waals surface area (Å²) in [4.78, 5) is 9.30. The number of nitrogens with one attached hydrogen (secondary N) is 2. The minimum atomic E-state index is 0. The number of aromatic nitrogens is 1. The van der Waals surface area contributed by atoms with Gasteiger partial charge in [-0.05, 0) is 57.7 Å². The van der Waals surface area contributed by atoms with Gasteiger partial charge in [0.1, 0.15) is 0 Å². The number of hydrogen-bond acceptors (Lipinski definition) is 4. The Labute approximate surface area is 196 Å². The maximum atomic E-state index is 6.32. The van der Waals surface area contributed by atoms with Gasteiger partial charge in [-0.3, -0.25) is 4.98 Å². The molecule has 30 heavy (non-hydrogen) atoms. The molecule has 2 N–H and O–H groups in total. The molecular weight excluding hydrogens is 491 g/mol. The lowest BCUT2D eigenvalue weighted by Crippen LogP contribution is -2.37. The van der Waals surface area contributed by atoms with Crippen LogP contribution in [0.15, 0.2) is 41.4 Å². The van der Waals surface area contributed by atoms with E-state index in [0.717, 1.165) is 53.8 Å². The molecule has 1 saturated carbocycles. The van der Waals surface area contributed by atoms with Crippen molar-refractivity contribution in [2.45, 2.75) is 58.7 Å². The summed E-state index contributed by atoms with van der Waals surface area (Å²) < 4.78 is 11.9. The highest BCUT2D eigenvalue weighted by molar-refractivity contribution is 14.0. The standard InChI is InChI=1S/C23H32N4O2.HI/c1-4-24-23(26-16-19-11-7-9-17(2)27-19)25-15-18-10-8-14-21(28-3)22(18)29-20-12-5-6-13-20;/h7-11,14,20H,4-6,12-13,15-16H2,1-3H3,(H2,24,25,26);1H. The number of benzene rings is 1. The van der Waals surface area contributed by atoms with E-state index in [4.69, 9.17) is 14.5 Å². The predicted molar refractivity (Wildman–Crippen MR) is 132 cm³/mol. The van der Waals surface area contributed by atoms with Gasteiger partial charge < -0.3 is 20.1 Å². The maximum absolute atomic E-state index is 6.32. The molecule has 0 radical (unpaired) electrons. The summed E-state index contributed by atoms with van der Waals surface area (Å²) in [7, 11) is 1.68. The van der Waals surface area contributed by atoms with Crippen LogP contribution in [0.25, 0.3) is 0 Å². The average molecular weight is 524 g/mol. The molecule has 164 valence electrons. The summed E-state index contributed by atoms with van der Waals surface area (Å²) in [6.07, 6.45) is 4.94. The fourth-order valence-corrected chi connectivity index (χ4v) is 3.53. The molecule has 1 heterocycles. The van der Waals surface area contributed by atoms with Crippen molar-refractivity contribution in [3.05, 3.63) is 53.3 Å². The zero-order chi connectivity index (χ0) is 20.5. The van der Waals surface area contributed by atoms with Gasteiger partial charge in [0.25, 0.3) is 0 Å². The third kappa shape index (κ3) is 7.04. The third-order valence-electron chi connectivity index (χ3n) is 5.00. The Hall–Kier alpha value is -2.03. The van der Waals surface area contributed by atoms with E-state index in [9.17, 15) is 0 Å². The number of aliphatic imine (C=N–C) groups is 1. The van der Waals surface area contributed by atoms with E-state index in [2.05, 4.69) is 28.6 Å². The number of guanidine groups is 1. The Morgan fingerprint density at radius 2 is 1.90 bits per heavy atom. The van der Waals surface area contributed by atoms with Crippen molar-refractivity contribution in [1.82, 2.24) is 15.6 Å². The molecular formula is C23H33IN4O2. The smallest absolute Gasteiger partial charge is 0.191 e. The summed E-state index contributed by atoms with van der Waals surface area (Å²) in [6.45, 7) is 5.98. The quantitative estimate of drug-likeness (QED) is 0.301. The predicted octanol–water partition coefficient (Wildman–Crippen LogP) is 4.59. The highest BCUT2D eigenvalue weighted by Crippen LogP contribution is 2.35. The summed E-state index contributed by atoms with van der Waals surface area (Å²) in [5, 5.41) is 6.66. The van der Waals surface area contributed by atoms with Gasteiger partial charge in [-0.2, -0.15) is 0 Å². The summed E-state index contributed by atoms with van der Waals surface area (Å²) in [5.41, 5.74) is 3.03. The molecule has 0 spiro atoms. The Kier molecular flexibility index (Phi) is 10.2. The molecule has 7 heteroatoms. The van der Waals surface area contributed by atoms with Crippen molar-refractivity contribution in [3.63, 3.8) is 0 Å². The number of ether oxygens (including phenoxy) is 2. The molecule has 1 aromatic heterocycles. The first kappa shape index (κ1) is 24.2. The van der Waals surface area contributed by atoms with Gasteiger partial charge in [0.05, 0.1) is 32.0 Å². The Balaban J connectivity index is 0.00000320. The van der Waals surface area contributed by atoms with Gasteiger partial charge >= 0.3 is 0 Å². The average Bonchev–Trinajstić information content (AvgIpc) is 3.24. The third-order valence-corrected chi connectivity index (χ3v) is 5.00. The van der Waals surface area contributed by atoms with Crippen molar-refractivity contribution in [3.8, 4) is 11.5 Å². The molecule has 3 rings (SSSR count). The second kappa shape index (κ2) is 12.6. The SMILES string of the molecule is CCNC(=NCc1cccc(OC)c1OC1CCCC1)NCc1cccc(C)n1.I. The molecule has 0 amide bonds. The van der Waals surface area contributed by atoms with E-state index in [1.807, 2.05) is 37.3 Å². The molecule has 0 unspecified atom stereocenters. The fraction of sp³-hybridized carbons (Fsp3) is 0.478. The van der Waals surface area contributed by atoms with Crippen LogP contribution in [0.2, 0.25) is 0 Å². The second-order valence-electron chi connectivity index (χ2n) is 7.29. The van der Waals surface area contributed by atoms with Crippen LogP contribution in [-0.2, 0) is 13.1 Å². The minimum absolute atomic E-state index is 0. The van der Waals surface area contributed by atoms with Gasteiger partial charge in [0.15, 0.2) is 17.5 Å². The first-order valence-electron chi connectivity index (χ1n) is 10.5. The lowest BCUT2D eigenvalue weighted by Gasteiger charge is -2.19. The Morgan fingerprint density at radius 1 is 1.13 bits per heavy atom. The molecule has 1 aromatic carbocycles.